The van der Waals surface area contributed by atoms with Crippen LogP contribution in [0.1, 0.15) is 36.3 Å². The second kappa shape index (κ2) is 8.12. The minimum absolute atomic E-state index is 0.000937. The average molecular weight is 431 g/mol. The van der Waals surface area contributed by atoms with Gasteiger partial charge in [0.1, 0.15) is 5.82 Å². The van der Waals surface area contributed by atoms with Crippen LogP contribution < -0.4 is 4.72 Å². The molecule has 160 valence electrons. The summed E-state index contributed by atoms with van der Waals surface area (Å²) in [6.07, 6.45) is 3.23. The van der Waals surface area contributed by atoms with Crippen LogP contribution in [0.2, 0.25) is 0 Å². The van der Waals surface area contributed by atoms with Gasteiger partial charge in [-0.25, -0.2) is 17.5 Å². The lowest BCUT2D eigenvalue weighted by molar-refractivity contribution is -0.133. The summed E-state index contributed by atoms with van der Waals surface area (Å²) in [5.74, 6) is -0.651. The van der Waals surface area contributed by atoms with E-state index in [1.807, 2.05) is 43.3 Å². The van der Waals surface area contributed by atoms with Gasteiger partial charge in [0.2, 0.25) is 15.9 Å². The number of carbonyl (C=O) groups excluding carboxylic acids is 1. The highest BCUT2D eigenvalue weighted by molar-refractivity contribution is 7.88. The minimum Gasteiger partial charge on any atom is -0.341 e. The maximum atomic E-state index is 15.0. The number of carbonyl (C=O) groups is 1. The number of halogens is 1. The molecule has 2 aromatic rings. The smallest absolute Gasteiger partial charge is 0.226 e. The number of hydrogen-bond acceptors (Lipinski definition) is 3. The third-order valence-corrected chi connectivity index (χ3v) is 6.71. The van der Waals surface area contributed by atoms with E-state index in [1.165, 1.54) is 6.07 Å². The molecular formula is C23H27FN2O3S. The molecule has 1 aliphatic carbocycles. The summed E-state index contributed by atoms with van der Waals surface area (Å²) < 4.78 is 40.7. The topological polar surface area (TPSA) is 66.5 Å². The summed E-state index contributed by atoms with van der Waals surface area (Å²) in [6.45, 7) is 2.86. The Morgan fingerprint density at radius 3 is 2.63 bits per heavy atom. The minimum atomic E-state index is -3.31. The van der Waals surface area contributed by atoms with E-state index in [2.05, 4.69) is 4.72 Å². The number of hydrogen-bond donors (Lipinski definition) is 1. The van der Waals surface area contributed by atoms with Crippen LogP contribution in [0, 0.1) is 18.7 Å². The Hall–Kier alpha value is -2.25. The number of nitrogens with zero attached hydrogens (tertiary/aromatic N) is 1. The molecule has 1 N–H and O–H groups in total. The zero-order valence-corrected chi connectivity index (χ0v) is 18.1. The van der Waals surface area contributed by atoms with Crippen molar-refractivity contribution in [3.63, 3.8) is 0 Å². The Morgan fingerprint density at radius 1 is 1.20 bits per heavy atom. The van der Waals surface area contributed by atoms with Gasteiger partial charge in [-0.15, -0.1) is 0 Å². The normalized spacial score (nSPS) is 24.0. The fourth-order valence-electron chi connectivity index (χ4n) is 4.58. The summed E-state index contributed by atoms with van der Waals surface area (Å²) >= 11 is 0. The highest BCUT2D eigenvalue weighted by Gasteiger charge is 2.48. The van der Waals surface area contributed by atoms with Crippen LogP contribution >= 0.6 is 0 Å². The number of likely N-dealkylation sites (tertiary alicyclic amines) is 1. The molecule has 2 aromatic carbocycles. The van der Waals surface area contributed by atoms with Gasteiger partial charge in [0.25, 0.3) is 0 Å². The highest BCUT2D eigenvalue weighted by atomic mass is 32.2. The molecule has 0 bridgehead atoms. The van der Waals surface area contributed by atoms with Crippen molar-refractivity contribution in [2.45, 2.75) is 38.1 Å². The summed E-state index contributed by atoms with van der Waals surface area (Å²) in [7, 11) is -3.31. The van der Waals surface area contributed by atoms with Crippen molar-refractivity contribution >= 4 is 15.9 Å². The van der Waals surface area contributed by atoms with E-state index in [4.69, 9.17) is 0 Å². The van der Waals surface area contributed by atoms with Crippen molar-refractivity contribution in [1.82, 2.24) is 9.62 Å². The van der Waals surface area contributed by atoms with E-state index in [1.54, 1.807) is 4.90 Å². The van der Waals surface area contributed by atoms with E-state index in [0.29, 0.717) is 25.1 Å². The maximum absolute atomic E-state index is 15.0. The van der Waals surface area contributed by atoms with Crippen LogP contribution in [-0.4, -0.2) is 44.6 Å². The summed E-state index contributed by atoms with van der Waals surface area (Å²) in [5, 5.41) is 0. The molecule has 1 heterocycles. The Balaban J connectivity index is 1.54. The van der Waals surface area contributed by atoms with Gasteiger partial charge in [0.15, 0.2) is 0 Å². The fraction of sp³-hybridized carbons (Fsp3) is 0.435. The third-order valence-electron chi connectivity index (χ3n) is 5.95. The molecule has 1 saturated heterocycles. The van der Waals surface area contributed by atoms with Crippen molar-refractivity contribution in [1.29, 1.82) is 0 Å². The van der Waals surface area contributed by atoms with E-state index in [9.17, 15) is 13.2 Å². The fourth-order valence-corrected chi connectivity index (χ4v) is 5.38. The first kappa shape index (κ1) is 21.0. The third kappa shape index (κ3) is 4.57. The van der Waals surface area contributed by atoms with Crippen LogP contribution in [0.15, 0.2) is 42.5 Å². The molecule has 1 aliphatic heterocycles. The zero-order valence-electron chi connectivity index (χ0n) is 17.3. The van der Waals surface area contributed by atoms with E-state index < -0.39 is 10.0 Å². The lowest BCUT2D eigenvalue weighted by Crippen LogP contribution is -2.49. The van der Waals surface area contributed by atoms with Crippen LogP contribution in [0.5, 0.6) is 0 Å². The molecule has 1 amide bonds. The Kier molecular flexibility index (Phi) is 5.68. The first-order valence-corrected chi connectivity index (χ1v) is 12.2. The van der Waals surface area contributed by atoms with E-state index >= 15 is 4.39 Å². The molecular weight excluding hydrogens is 403 g/mol. The zero-order chi connectivity index (χ0) is 21.5. The molecule has 3 atom stereocenters. The highest BCUT2D eigenvalue weighted by Crippen LogP contribution is 2.52. The molecule has 2 aliphatic rings. The molecule has 0 spiro atoms. The molecule has 30 heavy (non-hydrogen) atoms. The molecule has 4 rings (SSSR count). The number of rotatable bonds is 5. The van der Waals surface area contributed by atoms with Crippen molar-refractivity contribution in [3.05, 3.63) is 59.4 Å². The lowest BCUT2D eigenvalue weighted by atomic mass is 9.93. The lowest BCUT2D eigenvalue weighted by Gasteiger charge is -2.33. The van der Waals surface area contributed by atoms with Crippen LogP contribution in [0.25, 0.3) is 11.1 Å². The summed E-state index contributed by atoms with van der Waals surface area (Å²) in [6, 6.07) is 13.0. The molecule has 7 heteroatoms. The number of nitrogens with one attached hydrogen (secondary N) is 1. The van der Waals surface area contributed by atoms with Gasteiger partial charge < -0.3 is 4.90 Å². The van der Waals surface area contributed by atoms with Gasteiger partial charge in [-0.3, -0.25) is 4.79 Å². The van der Waals surface area contributed by atoms with Gasteiger partial charge in [0.05, 0.1) is 6.26 Å². The number of sulfonamides is 1. The Bertz CT molecular complexity index is 1060. The second-order valence-electron chi connectivity index (χ2n) is 8.54. The second-order valence-corrected chi connectivity index (χ2v) is 10.3. The van der Waals surface area contributed by atoms with Crippen molar-refractivity contribution in [2.75, 3.05) is 19.3 Å². The average Bonchev–Trinajstić information content (AvgIpc) is 3.46. The van der Waals surface area contributed by atoms with Gasteiger partial charge in [-0.2, -0.15) is 0 Å². The van der Waals surface area contributed by atoms with Crippen molar-refractivity contribution in [2.24, 2.45) is 5.92 Å². The molecule has 0 aromatic heterocycles. The van der Waals surface area contributed by atoms with Gasteiger partial charge >= 0.3 is 0 Å². The Labute approximate surface area is 177 Å². The molecule has 1 saturated carbocycles. The number of aryl methyl sites for hydroxylation is 1. The summed E-state index contributed by atoms with van der Waals surface area (Å²) in [4.78, 5) is 14.8. The van der Waals surface area contributed by atoms with E-state index in [-0.39, 0.29) is 29.6 Å². The molecule has 0 unspecified atom stereocenters. The van der Waals surface area contributed by atoms with Crippen molar-refractivity contribution < 1.29 is 17.6 Å². The quantitative estimate of drug-likeness (QED) is 0.790. The number of amides is 1. The molecule has 2 fully saturated rings. The Morgan fingerprint density at radius 2 is 1.93 bits per heavy atom. The van der Waals surface area contributed by atoms with Gasteiger partial charge in [-0.1, -0.05) is 36.4 Å². The van der Waals surface area contributed by atoms with Gasteiger partial charge in [0, 0.05) is 25.0 Å². The summed E-state index contributed by atoms with van der Waals surface area (Å²) in [5.41, 5.74) is 3.27. The monoisotopic (exact) mass is 430 g/mol. The maximum Gasteiger partial charge on any atom is 0.226 e. The predicted octanol–water partition coefficient (Wildman–Crippen LogP) is 3.44. The van der Waals surface area contributed by atoms with Crippen LogP contribution in [-0.2, 0) is 14.8 Å². The van der Waals surface area contributed by atoms with Crippen LogP contribution in [0.4, 0.5) is 4.39 Å². The first-order chi connectivity index (χ1) is 14.2. The SMILES string of the molecule is Cc1cc(F)c([C@@H]2C[C@H]2C(=O)N2CCC[C@H](NS(C)(=O)=O)C2)c(-c2ccccc2)c1. The van der Waals surface area contributed by atoms with Crippen LogP contribution in [0.3, 0.4) is 0 Å². The van der Waals surface area contributed by atoms with E-state index in [0.717, 1.165) is 35.8 Å². The number of benzene rings is 2. The predicted molar refractivity (Wildman–Crippen MR) is 115 cm³/mol. The van der Waals surface area contributed by atoms with Crippen molar-refractivity contribution in [3.8, 4) is 11.1 Å². The molecule has 0 radical (unpaired) electrons. The first-order valence-electron chi connectivity index (χ1n) is 10.3. The standard InChI is InChI=1S/C23H27FN2O3S/c1-15-11-18(16-7-4-3-5-8-16)22(21(24)12-15)19-13-20(19)23(27)26-10-6-9-17(14-26)25-30(2,28)29/h3-5,7-8,11-12,17,19-20,25H,6,9-10,13-14H2,1-2H3/t17-,19+,20+/m0/s1. The molecule has 5 nitrogen and oxygen atoms in total. The largest absolute Gasteiger partial charge is 0.341 e. The number of piperidine rings is 1. The van der Waals surface area contributed by atoms with Gasteiger partial charge in [-0.05, 0) is 60.4 Å².